The van der Waals surface area contributed by atoms with Crippen LogP contribution in [0.2, 0.25) is 0 Å². The smallest absolute Gasteiger partial charge is 0.241 e. The van der Waals surface area contributed by atoms with Crippen molar-refractivity contribution in [2.75, 3.05) is 13.1 Å². The Labute approximate surface area is 139 Å². The zero-order valence-corrected chi connectivity index (χ0v) is 13.6. The highest BCUT2D eigenvalue weighted by Gasteiger charge is 2.34. The largest absolute Gasteiger partial charge is 0.243 e. The van der Waals surface area contributed by atoms with E-state index in [4.69, 9.17) is 0 Å². The van der Waals surface area contributed by atoms with Crippen LogP contribution < -0.4 is 0 Å². The van der Waals surface area contributed by atoms with Gasteiger partial charge in [0.1, 0.15) is 0 Å². The molecule has 24 heavy (non-hydrogen) atoms. The molecule has 2 aromatic heterocycles. The standard InChI is InChI=1S/C15H16N6O2S/c22-24(23,19-11-6-14(12-19)21-17-8-9-18-21)15-4-2-13(3-5-15)20-10-1-7-16-20/h1-5,7-10,14H,6,11-12H2/t14-/m1/s1. The Bertz CT molecular complexity index is 904. The molecule has 0 amide bonds. The Morgan fingerprint density at radius 1 is 1.00 bits per heavy atom. The van der Waals surface area contributed by atoms with E-state index in [1.807, 2.05) is 12.3 Å². The fraction of sp³-hybridized carbons (Fsp3) is 0.267. The van der Waals surface area contributed by atoms with Crippen LogP contribution in [0, 0.1) is 0 Å². The van der Waals surface area contributed by atoms with Crippen molar-refractivity contribution in [1.29, 1.82) is 0 Å². The summed E-state index contributed by atoms with van der Waals surface area (Å²) in [5.74, 6) is 0. The predicted octanol–water partition coefficient (Wildman–Crippen LogP) is 1.10. The van der Waals surface area contributed by atoms with Gasteiger partial charge in [-0.2, -0.15) is 24.4 Å². The molecule has 0 aliphatic carbocycles. The Kier molecular flexibility index (Phi) is 3.66. The topological polar surface area (TPSA) is 85.9 Å². The van der Waals surface area contributed by atoms with Crippen LogP contribution >= 0.6 is 0 Å². The molecule has 124 valence electrons. The molecule has 1 aliphatic heterocycles. The monoisotopic (exact) mass is 344 g/mol. The van der Waals surface area contributed by atoms with Gasteiger partial charge < -0.3 is 0 Å². The lowest BCUT2D eigenvalue weighted by atomic mass is 10.3. The van der Waals surface area contributed by atoms with Crippen molar-refractivity contribution in [1.82, 2.24) is 29.1 Å². The van der Waals surface area contributed by atoms with E-state index in [9.17, 15) is 8.42 Å². The van der Waals surface area contributed by atoms with Crippen LogP contribution in [0.4, 0.5) is 0 Å². The summed E-state index contributed by atoms with van der Waals surface area (Å²) in [7, 11) is -3.51. The SMILES string of the molecule is O=S(=O)(c1ccc(-n2cccn2)cc1)N1CC[C@@H](n2nccn2)C1. The van der Waals surface area contributed by atoms with Gasteiger partial charge in [0.05, 0.1) is 29.0 Å². The van der Waals surface area contributed by atoms with Gasteiger partial charge in [-0.25, -0.2) is 13.1 Å². The minimum Gasteiger partial charge on any atom is -0.241 e. The molecule has 1 aliphatic rings. The first-order valence-electron chi connectivity index (χ1n) is 7.60. The van der Waals surface area contributed by atoms with Crippen LogP contribution in [0.1, 0.15) is 12.5 Å². The molecular formula is C15H16N6O2S. The normalized spacial score (nSPS) is 18.9. The van der Waals surface area contributed by atoms with Crippen molar-refractivity contribution < 1.29 is 8.42 Å². The molecule has 3 aromatic rings. The average Bonchev–Trinajstić information content (AvgIpc) is 3.36. The highest BCUT2D eigenvalue weighted by atomic mass is 32.2. The molecule has 0 unspecified atom stereocenters. The van der Waals surface area contributed by atoms with E-state index in [1.54, 1.807) is 52.3 Å². The molecule has 0 N–H and O–H groups in total. The summed E-state index contributed by atoms with van der Waals surface area (Å²) in [6, 6.07) is 8.54. The quantitative estimate of drug-likeness (QED) is 0.707. The minimum atomic E-state index is -3.51. The molecule has 0 saturated carbocycles. The van der Waals surface area contributed by atoms with Crippen molar-refractivity contribution in [3.8, 4) is 5.69 Å². The van der Waals surface area contributed by atoms with Crippen molar-refractivity contribution in [3.63, 3.8) is 0 Å². The van der Waals surface area contributed by atoms with Crippen LogP contribution in [0.15, 0.2) is 60.0 Å². The van der Waals surface area contributed by atoms with Crippen LogP contribution in [-0.2, 0) is 10.0 Å². The molecule has 0 radical (unpaired) electrons. The number of hydrogen-bond acceptors (Lipinski definition) is 5. The molecule has 1 saturated heterocycles. The first kappa shape index (κ1) is 15.0. The molecule has 1 aromatic carbocycles. The second kappa shape index (κ2) is 5.84. The van der Waals surface area contributed by atoms with Gasteiger partial charge in [-0.3, -0.25) is 0 Å². The van der Waals surface area contributed by atoms with Gasteiger partial charge in [-0.15, -0.1) is 0 Å². The maximum atomic E-state index is 12.8. The van der Waals surface area contributed by atoms with E-state index in [2.05, 4.69) is 15.3 Å². The van der Waals surface area contributed by atoms with Crippen LogP contribution in [0.25, 0.3) is 5.69 Å². The summed E-state index contributed by atoms with van der Waals surface area (Å²) in [5, 5.41) is 12.3. The molecule has 0 spiro atoms. The minimum absolute atomic E-state index is 0.0156. The van der Waals surface area contributed by atoms with Crippen LogP contribution in [0.5, 0.6) is 0 Å². The fourth-order valence-corrected chi connectivity index (χ4v) is 4.37. The van der Waals surface area contributed by atoms with E-state index in [1.165, 1.54) is 4.31 Å². The molecule has 8 nitrogen and oxygen atoms in total. The lowest BCUT2D eigenvalue weighted by molar-refractivity contribution is 0.402. The molecule has 3 heterocycles. The molecule has 0 bridgehead atoms. The van der Waals surface area contributed by atoms with Crippen LogP contribution in [0.3, 0.4) is 0 Å². The van der Waals surface area contributed by atoms with E-state index < -0.39 is 10.0 Å². The van der Waals surface area contributed by atoms with Crippen molar-refractivity contribution in [2.45, 2.75) is 17.4 Å². The third-order valence-corrected chi connectivity index (χ3v) is 6.01. The highest BCUT2D eigenvalue weighted by Crippen LogP contribution is 2.26. The summed E-state index contributed by atoms with van der Waals surface area (Å²) in [4.78, 5) is 1.86. The number of benzene rings is 1. The zero-order valence-electron chi connectivity index (χ0n) is 12.8. The lowest BCUT2D eigenvalue weighted by Crippen LogP contribution is -2.29. The summed E-state index contributed by atoms with van der Waals surface area (Å²) in [5.41, 5.74) is 0.819. The number of hydrogen-bond donors (Lipinski definition) is 0. The summed E-state index contributed by atoms with van der Waals surface area (Å²) in [6.45, 7) is 0.855. The molecular weight excluding hydrogens is 328 g/mol. The Balaban J connectivity index is 1.55. The maximum absolute atomic E-state index is 12.8. The maximum Gasteiger partial charge on any atom is 0.243 e. The Morgan fingerprint density at radius 2 is 1.75 bits per heavy atom. The average molecular weight is 344 g/mol. The summed E-state index contributed by atoms with van der Waals surface area (Å²) >= 11 is 0. The van der Waals surface area contributed by atoms with Crippen molar-refractivity contribution in [3.05, 3.63) is 55.1 Å². The number of sulfonamides is 1. The zero-order chi connectivity index (χ0) is 16.6. The first-order valence-corrected chi connectivity index (χ1v) is 9.05. The van der Waals surface area contributed by atoms with E-state index in [-0.39, 0.29) is 10.9 Å². The lowest BCUT2D eigenvalue weighted by Gasteiger charge is -2.16. The Hall–Kier alpha value is -2.52. The third kappa shape index (κ3) is 2.61. The van der Waals surface area contributed by atoms with Gasteiger partial charge in [0.15, 0.2) is 0 Å². The van der Waals surface area contributed by atoms with Crippen molar-refractivity contribution in [2.24, 2.45) is 0 Å². The second-order valence-corrected chi connectivity index (χ2v) is 7.54. The number of aromatic nitrogens is 5. The molecule has 9 heteroatoms. The number of rotatable bonds is 4. The summed E-state index contributed by atoms with van der Waals surface area (Å²) in [6.07, 6.45) is 7.40. The predicted molar refractivity (Wildman–Crippen MR) is 86.0 cm³/mol. The molecule has 1 atom stereocenters. The first-order chi connectivity index (χ1) is 11.6. The third-order valence-electron chi connectivity index (χ3n) is 4.13. The van der Waals surface area contributed by atoms with Gasteiger partial charge in [0.2, 0.25) is 10.0 Å². The number of nitrogens with zero attached hydrogens (tertiary/aromatic N) is 6. The highest BCUT2D eigenvalue weighted by molar-refractivity contribution is 7.89. The summed E-state index contributed by atoms with van der Waals surface area (Å²) < 4.78 is 28.8. The van der Waals surface area contributed by atoms with E-state index in [0.717, 1.165) is 5.69 Å². The van der Waals surface area contributed by atoms with Gasteiger partial charge in [-0.1, -0.05) is 0 Å². The van der Waals surface area contributed by atoms with E-state index in [0.29, 0.717) is 19.5 Å². The van der Waals surface area contributed by atoms with Gasteiger partial charge in [0.25, 0.3) is 0 Å². The second-order valence-electron chi connectivity index (χ2n) is 5.60. The van der Waals surface area contributed by atoms with Gasteiger partial charge in [0, 0.05) is 25.5 Å². The molecule has 4 rings (SSSR count). The van der Waals surface area contributed by atoms with Gasteiger partial charge >= 0.3 is 0 Å². The van der Waals surface area contributed by atoms with E-state index >= 15 is 0 Å². The van der Waals surface area contributed by atoms with Crippen LogP contribution in [-0.4, -0.2) is 50.6 Å². The van der Waals surface area contributed by atoms with Crippen molar-refractivity contribution >= 4 is 10.0 Å². The Morgan fingerprint density at radius 3 is 2.42 bits per heavy atom. The molecule has 1 fully saturated rings. The fourth-order valence-electron chi connectivity index (χ4n) is 2.87. The van der Waals surface area contributed by atoms with Gasteiger partial charge in [-0.05, 0) is 36.8 Å².